The van der Waals surface area contributed by atoms with E-state index in [0.29, 0.717) is 24.6 Å². The molecule has 9 nitrogen and oxygen atoms in total. The number of carbonyl (C=O) groups is 1. The maximum atomic E-state index is 12.5. The Bertz CT molecular complexity index is 1320. The third-order valence-electron chi connectivity index (χ3n) is 6.04. The number of fused-ring (bicyclic) bond motifs is 1. The van der Waals surface area contributed by atoms with Crippen LogP contribution in [0.4, 0.5) is 10.6 Å². The summed E-state index contributed by atoms with van der Waals surface area (Å²) in [4.78, 5) is 26.8. The zero-order valence-electron chi connectivity index (χ0n) is 19.6. The minimum absolute atomic E-state index is 0.123. The normalized spacial score (nSPS) is 17.5. The number of rotatable bonds is 6. The summed E-state index contributed by atoms with van der Waals surface area (Å²) in [6, 6.07) is 19.1. The van der Waals surface area contributed by atoms with Crippen LogP contribution in [0.5, 0.6) is 0 Å². The van der Waals surface area contributed by atoms with Crippen LogP contribution in [0, 0.1) is 0 Å². The first kappa shape index (κ1) is 22.8. The molecular formula is C26H27N5O4. The van der Waals surface area contributed by atoms with Crippen LogP contribution in [0.3, 0.4) is 0 Å². The molecule has 0 aliphatic carbocycles. The smallest absolute Gasteiger partial charge is 0.428 e. The zero-order chi connectivity index (χ0) is 24.4. The number of nitrogens with two attached hydrogens (primary N) is 1. The fourth-order valence-electron chi connectivity index (χ4n) is 4.36. The molecule has 1 saturated heterocycles. The average Bonchev–Trinajstić information content (AvgIpc) is 3.37. The molecule has 1 aliphatic heterocycles. The largest absolute Gasteiger partial charge is 0.528 e. The lowest BCUT2D eigenvalue weighted by Crippen LogP contribution is -2.46. The Labute approximate surface area is 203 Å². The molecule has 2 N–H and O–H groups in total. The minimum Gasteiger partial charge on any atom is -0.428 e. The molecule has 1 atom stereocenters. The molecule has 0 radical (unpaired) electrons. The van der Waals surface area contributed by atoms with Crippen molar-refractivity contribution in [3.63, 3.8) is 0 Å². The third-order valence-corrected chi connectivity index (χ3v) is 6.04. The van der Waals surface area contributed by atoms with Gasteiger partial charge in [-0.2, -0.15) is 0 Å². The average molecular weight is 474 g/mol. The van der Waals surface area contributed by atoms with Gasteiger partial charge in [0.2, 0.25) is 0 Å². The minimum atomic E-state index is -0.824. The number of hydrogen-bond acceptors (Lipinski definition) is 8. The van der Waals surface area contributed by atoms with Gasteiger partial charge >= 0.3 is 6.16 Å². The summed E-state index contributed by atoms with van der Waals surface area (Å²) < 4.78 is 13.3. The van der Waals surface area contributed by atoms with Crippen molar-refractivity contribution in [2.45, 2.75) is 38.8 Å². The molecule has 3 heterocycles. The summed E-state index contributed by atoms with van der Waals surface area (Å²) in [5.74, 6) is 0.410. The van der Waals surface area contributed by atoms with E-state index in [9.17, 15) is 4.79 Å². The Morgan fingerprint density at radius 2 is 1.83 bits per heavy atom. The molecule has 180 valence electrons. The van der Waals surface area contributed by atoms with Gasteiger partial charge in [0.15, 0.2) is 0 Å². The first-order valence-electron chi connectivity index (χ1n) is 11.4. The number of benzene rings is 2. The fourth-order valence-corrected chi connectivity index (χ4v) is 4.36. The Hall–Kier alpha value is -3.95. The van der Waals surface area contributed by atoms with Crippen molar-refractivity contribution in [2.75, 3.05) is 12.3 Å². The van der Waals surface area contributed by atoms with Gasteiger partial charge in [-0.25, -0.2) is 14.8 Å². The van der Waals surface area contributed by atoms with E-state index >= 15 is 0 Å². The molecule has 0 bridgehead atoms. The van der Waals surface area contributed by atoms with Crippen LogP contribution in [-0.4, -0.2) is 44.1 Å². The van der Waals surface area contributed by atoms with E-state index < -0.39 is 11.9 Å². The number of ether oxygens (including phenoxy) is 2. The lowest BCUT2D eigenvalue weighted by molar-refractivity contribution is -0.231. The standard InChI is InChI=1S/C26H27N5O4/c1-26(2)31(35-25(32)33-15-18-9-5-3-6-10-18)20(16-34-26)13-30-14-21(19-11-7-4-8-12-19)22-23(27)28-17-29-24(22)30/h3-12,14,17,20H,13,15-16H2,1-2H3,(H2,27,28,29). The Balaban J connectivity index is 1.38. The summed E-state index contributed by atoms with van der Waals surface area (Å²) in [5, 5.41) is 2.34. The van der Waals surface area contributed by atoms with E-state index in [1.807, 2.05) is 85.3 Å². The van der Waals surface area contributed by atoms with Crippen molar-refractivity contribution in [3.8, 4) is 11.1 Å². The quantitative estimate of drug-likeness (QED) is 0.411. The molecule has 1 aliphatic rings. The van der Waals surface area contributed by atoms with Gasteiger partial charge in [-0.15, -0.1) is 0 Å². The molecule has 0 amide bonds. The lowest BCUT2D eigenvalue weighted by atomic mass is 10.1. The van der Waals surface area contributed by atoms with Gasteiger partial charge in [-0.05, 0) is 25.0 Å². The molecule has 2 aromatic heterocycles. The van der Waals surface area contributed by atoms with Crippen LogP contribution in [0.2, 0.25) is 0 Å². The van der Waals surface area contributed by atoms with Gasteiger partial charge in [0.25, 0.3) is 0 Å². The molecule has 35 heavy (non-hydrogen) atoms. The van der Waals surface area contributed by atoms with Crippen LogP contribution in [0.25, 0.3) is 22.2 Å². The van der Waals surface area contributed by atoms with Crippen LogP contribution in [-0.2, 0) is 27.5 Å². The van der Waals surface area contributed by atoms with E-state index in [0.717, 1.165) is 22.1 Å². The molecule has 0 spiro atoms. The monoisotopic (exact) mass is 473 g/mol. The summed E-state index contributed by atoms with van der Waals surface area (Å²) in [6.45, 7) is 4.63. The van der Waals surface area contributed by atoms with Gasteiger partial charge in [0, 0.05) is 18.3 Å². The summed E-state index contributed by atoms with van der Waals surface area (Å²) >= 11 is 0. The van der Waals surface area contributed by atoms with Gasteiger partial charge < -0.3 is 24.6 Å². The fraction of sp³-hybridized carbons (Fsp3) is 0.269. The van der Waals surface area contributed by atoms with E-state index in [1.54, 1.807) is 5.06 Å². The highest BCUT2D eigenvalue weighted by Crippen LogP contribution is 2.34. The van der Waals surface area contributed by atoms with Crippen molar-refractivity contribution in [1.29, 1.82) is 0 Å². The lowest BCUT2D eigenvalue weighted by Gasteiger charge is -2.31. The van der Waals surface area contributed by atoms with Crippen LogP contribution < -0.4 is 5.73 Å². The van der Waals surface area contributed by atoms with E-state index in [-0.39, 0.29) is 12.6 Å². The van der Waals surface area contributed by atoms with Crippen LogP contribution in [0.15, 0.2) is 73.2 Å². The Morgan fingerprint density at radius 1 is 1.11 bits per heavy atom. The van der Waals surface area contributed by atoms with Gasteiger partial charge in [0.05, 0.1) is 18.0 Å². The highest BCUT2D eigenvalue weighted by Gasteiger charge is 2.44. The number of carbonyl (C=O) groups excluding carboxylic acids is 1. The van der Waals surface area contributed by atoms with Gasteiger partial charge in [-0.1, -0.05) is 65.7 Å². The number of hydroxylamine groups is 2. The van der Waals surface area contributed by atoms with Crippen molar-refractivity contribution < 1.29 is 19.1 Å². The molecule has 5 rings (SSSR count). The SMILES string of the molecule is CC1(C)OCC(Cn2cc(-c3ccccc3)c3c(N)ncnc32)N1OC(=O)OCc1ccccc1. The summed E-state index contributed by atoms with van der Waals surface area (Å²) in [7, 11) is 0. The molecule has 0 saturated carbocycles. The van der Waals surface area contributed by atoms with E-state index in [1.165, 1.54) is 6.33 Å². The maximum absolute atomic E-state index is 12.5. The predicted octanol–water partition coefficient (Wildman–Crippen LogP) is 4.39. The second-order valence-corrected chi connectivity index (χ2v) is 8.87. The first-order chi connectivity index (χ1) is 16.9. The Morgan fingerprint density at radius 3 is 2.57 bits per heavy atom. The molecule has 9 heteroatoms. The highest BCUT2D eigenvalue weighted by atomic mass is 16.8. The third kappa shape index (κ3) is 4.68. The Kier molecular flexibility index (Phi) is 6.10. The number of nitrogen functional groups attached to an aromatic ring is 1. The van der Waals surface area contributed by atoms with Crippen LogP contribution in [0.1, 0.15) is 19.4 Å². The summed E-state index contributed by atoms with van der Waals surface area (Å²) in [6.07, 6.45) is 2.67. The summed E-state index contributed by atoms with van der Waals surface area (Å²) in [5.41, 5.74) is 8.95. The highest BCUT2D eigenvalue weighted by molar-refractivity contribution is 6.00. The van der Waals surface area contributed by atoms with Crippen LogP contribution >= 0.6 is 0 Å². The zero-order valence-corrected chi connectivity index (χ0v) is 19.6. The number of aromatic nitrogens is 3. The topological polar surface area (TPSA) is 105 Å². The first-order valence-corrected chi connectivity index (χ1v) is 11.4. The molecule has 2 aromatic carbocycles. The van der Waals surface area contributed by atoms with Crippen molar-refractivity contribution in [1.82, 2.24) is 19.6 Å². The van der Waals surface area contributed by atoms with E-state index in [2.05, 4.69) is 9.97 Å². The van der Waals surface area contributed by atoms with Crippen molar-refractivity contribution in [3.05, 3.63) is 78.8 Å². The predicted molar refractivity (Wildman–Crippen MR) is 131 cm³/mol. The second kappa shape index (κ2) is 9.36. The molecule has 4 aromatic rings. The number of nitrogens with zero attached hydrogens (tertiary/aromatic N) is 4. The number of anilines is 1. The number of hydrogen-bond donors (Lipinski definition) is 1. The van der Waals surface area contributed by atoms with Crippen molar-refractivity contribution >= 4 is 23.0 Å². The van der Waals surface area contributed by atoms with Crippen molar-refractivity contribution in [2.24, 2.45) is 0 Å². The second-order valence-electron chi connectivity index (χ2n) is 8.87. The maximum Gasteiger partial charge on any atom is 0.528 e. The molecule has 1 unspecified atom stereocenters. The molecular weight excluding hydrogens is 446 g/mol. The van der Waals surface area contributed by atoms with E-state index in [4.69, 9.17) is 20.0 Å². The van der Waals surface area contributed by atoms with Gasteiger partial charge in [-0.3, -0.25) is 0 Å². The molecule has 1 fully saturated rings. The van der Waals surface area contributed by atoms with Gasteiger partial charge in [0.1, 0.15) is 30.1 Å².